The molecule has 0 saturated carbocycles. The van der Waals surface area contributed by atoms with Gasteiger partial charge in [-0.05, 0) is 29.5 Å². The van der Waals surface area contributed by atoms with Crippen LogP contribution in [0.4, 0.5) is 10.6 Å². The van der Waals surface area contributed by atoms with Crippen molar-refractivity contribution in [1.82, 2.24) is 20.2 Å². The number of hydrogen-bond donors (Lipinski definition) is 2. The average Bonchev–Trinajstić information content (AvgIpc) is 2.93. The minimum atomic E-state index is -0.543. The van der Waals surface area contributed by atoms with E-state index in [1.54, 1.807) is 18.2 Å². The number of aromatic nitrogens is 2. The van der Waals surface area contributed by atoms with Crippen LogP contribution in [0.5, 0.6) is 0 Å². The summed E-state index contributed by atoms with van der Waals surface area (Å²) in [6.45, 7) is 0.0370. The maximum Gasteiger partial charge on any atom is 0.293 e. The minimum Gasteiger partial charge on any atom is -0.382 e. The number of amides is 3. The molecule has 2 heterocycles. The number of halogens is 2. The number of benzene rings is 1. The molecule has 0 bridgehead atoms. The Bertz CT molecular complexity index is 999. The molecular weight excluding hydrogens is 425 g/mol. The van der Waals surface area contributed by atoms with E-state index in [1.165, 1.54) is 18.5 Å². The number of rotatable bonds is 5. The topological polar surface area (TPSA) is 118 Å². The van der Waals surface area contributed by atoms with Crippen molar-refractivity contribution in [2.45, 2.75) is 0 Å². The van der Waals surface area contributed by atoms with Crippen molar-refractivity contribution in [3.05, 3.63) is 56.8 Å². The van der Waals surface area contributed by atoms with Gasteiger partial charge < -0.3 is 11.1 Å². The fourth-order valence-electron chi connectivity index (χ4n) is 2.35. The van der Waals surface area contributed by atoms with Crippen LogP contribution in [-0.2, 0) is 4.79 Å². The zero-order valence-electron chi connectivity index (χ0n) is 14.2. The van der Waals surface area contributed by atoms with Gasteiger partial charge in [-0.15, -0.1) is 0 Å². The van der Waals surface area contributed by atoms with Crippen LogP contribution in [0.3, 0.4) is 0 Å². The second-order valence-corrected chi connectivity index (χ2v) is 7.30. The van der Waals surface area contributed by atoms with Crippen molar-refractivity contribution in [2.24, 2.45) is 0 Å². The van der Waals surface area contributed by atoms with Crippen LogP contribution in [0, 0.1) is 0 Å². The normalized spacial score (nSPS) is 15.4. The molecule has 144 valence electrons. The summed E-state index contributed by atoms with van der Waals surface area (Å²) in [6.07, 6.45) is 4.22. The van der Waals surface area contributed by atoms with Crippen LogP contribution in [0.1, 0.15) is 16.1 Å². The summed E-state index contributed by atoms with van der Waals surface area (Å²) < 4.78 is 0. The molecule has 0 aliphatic carbocycles. The molecule has 28 heavy (non-hydrogen) atoms. The number of anilines is 1. The summed E-state index contributed by atoms with van der Waals surface area (Å²) in [6, 6.07) is 5.01. The molecule has 1 aliphatic heterocycles. The van der Waals surface area contributed by atoms with Gasteiger partial charge in [-0.25, -0.2) is 9.97 Å². The van der Waals surface area contributed by atoms with Crippen LogP contribution in [0.2, 0.25) is 10.0 Å². The van der Waals surface area contributed by atoms with Gasteiger partial charge in [0.15, 0.2) is 11.5 Å². The van der Waals surface area contributed by atoms with Gasteiger partial charge in [0, 0.05) is 25.5 Å². The zero-order valence-corrected chi connectivity index (χ0v) is 16.5. The first-order chi connectivity index (χ1) is 13.4. The standard InChI is InChI=1S/C17H13Cl2N5O3S/c18-10-3-1-2-9(12(10)19)8-11-16(26)24(17(27)28-11)7-6-23-15(25)13-14(20)22-5-4-21-13/h1-5,8H,6-7H2,(H2,20,22)(H,23,25)/b11-8-. The van der Waals surface area contributed by atoms with Crippen molar-refractivity contribution in [2.75, 3.05) is 18.8 Å². The van der Waals surface area contributed by atoms with E-state index in [2.05, 4.69) is 15.3 Å². The van der Waals surface area contributed by atoms with E-state index in [0.717, 1.165) is 16.7 Å². The van der Waals surface area contributed by atoms with E-state index in [9.17, 15) is 14.4 Å². The fourth-order valence-corrected chi connectivity index (χ4v) is 3.57. The summed E-state index contributed by atoms with van der Waals surface area (Å²) in [5, 5.41) is 2.76. The molecule has 1 fully saturated rings. The van der Waals surface area contributed by atoms with E-state index >= 15 is 0 Å². The summed E-state index contributed by atoms with van der Waals surface area (Å²) in [4.78, 5) is 45.6. The third kappa shape index (κ3) is 4.27. The SMILES string of the molecule is Nc1nccnc1C(=O)NCCN1C(=O)S/C(=C\c2cccc(Cl)c2Cl)C1=O. The first kappa shape index (κ1) is 20.1. The van der Waals surface area contributed by atoms with Crippen LogP contribution >= 0.6 is 35.0 Å². The number of nitrogens with one attached hydrogen (secondary N) is 1. The predicted molar refractivity (Wildman–Crippen MR) is 108 cm³/mol. The Morgan fingerprint density at radius 2 is 2.00 bits per heavy atom. The first-order valence-corrected chi connectivity index (χ1v) is 9.49. The Morgan fingerprint density at radius 3 is 2.75 bits per heavy atom. The highest BCUT2D eigenvalue weighted by molar-refractivity contribution is 8.18. The number of carbonyl (C=O) groups excluding carboxylic acids is 3. The predicted octanol–water partition coefficient (Wildman–Crippen LogP) is 2.83. The second kappa shape index (κ2) is 8.59. The van der Waals surface area contributed by atoms with Gasteiger partial charge in [0.1, 0.15) is 0 Å². The minimum absolute atomic E-state index is 0.00279. The third-order valence-corrected chi connectivity index (χ3v) is 5.45. The molecule has 0 atom stereocenters. The number of imide groups is 1. The highest BCUT2D eigenvalue weighted by Gasteiger charge is 2.34. The van der Waals surface area contributed by atoms with Crippen molar-refractivity contribution < 1.29 is 14.4 Å². The number of nitrogens with zero attached hydrogens (tertiary/aromatic N) is 3. The van der Waals surface area contributed by atoms with Gasteiger partial charge >= 0.3 is 0 Å². The zero-order chi connectivity index (χ0) is 20.3. The van der Waals surface area contributed by atoms with Gasteiger partial charge in [0.05, 0.1) is 15.0 Å². The van der Waals surface area contributed by atoms with Crippen molar-refractivity contribution in [3.8, 4) is 0 Å². The molecule has 0 spiro atoms. The van der Waals surface area contributed by atoms with Gasteiger partial charge in [0.2, 0.25) is 0 Å². The Balaban J connectivity index is 1.64. The van der Waals surface area contributed by atoms with Crippen molar-refractivity contribution >= 4 is 63.9 Å². The lowest BCUT2D eigenvalue weighted by Crippen LogP contribution is -2.37. The monoisotopic (exact) mass is 437 g/mol. The lowest BCUT2D eigenvalue weighted by molar-refractivity contribution is -0.122. The van der Waals surface area contributed by atoms with Crippen LogP contribution < -0.4 is 11.1 Å². The van der Waals surface area contributed by atoms with Gasteiger partial charge in [-0.3, -0.25) is 19.3 Å². The van der Waals surface area contributed by atoms with Crippen molar-refractivity contribution in [1.29, 1.82) is 0 Å². The molecule has 8 nitrogen and oxygen atoms in total. The van der Waals surface area contributed by atoms with Crippen LogP contribution in [0.15, 0.2) is 35.5 Å². The Labute approximate surface area is 174 Å². The van der Waals surface area contributed by atoms with E-state index in [4.69, 9.17) is 28.9 Å². The third-order valence-electron chi connectivity index (χ3n) is 3.70. The van der Waals surface area contributed by atoms with E-state index < -0.39 is 17.1 Å². The lowest BCUT2D eigenvalue weighted by Gasteiger charge is -2.13. The summed E-state index contributed by atoms with van der Waals surface area (Å²) in [5.41, 5.74) is 6.10. The lowest BCUT2D eigenvalue weighted by atomic mass is 10.2. The average molecular weight is 438 g/mol. The van der Waals surface area contributed by atoms with Crippen LogP contribution in [0.25, 0.3) is 6.08 Å². The largest absolute Gasteiger partial charge is 0.382 e. The highest BCUT2D eigenvalue weighted by atomic mass is 35.5. The number of nitrogens with two attached hydrogens (primary N) is 1. The molecule has 3 N–H and O–H groups in total. The molecule has 11 heteroatoms. The smallest absolute Gasteiger partial charge is 0.293 e. The molecule has 0 radical (unpaired) electrons. The number of hydrogen-bond acceptors (Lipinski definition) is 7. The van der Waals surface area contributed by atoms with Gasteiger partial charge in [-0.2, -0.15) is 0 Å². The van der Waals surface area contributed by atoms with E-state index in [1.807, 2.05) is 0 Å². The highest BCUT2D eigenvalue weighted by Crippen LogP contribution is 2.34. The molecule has 2 aromatic rings. The maximum atomic E-state index is 12.5. The fraction of sp³-hybridized carbons (Fsp3) is 0.118. The number of thioether (sulfide) groups is 1. The molecular formula is C17H13Cl2N5O3S. The van der Waals surface area contributed by atoms with E-state index in [-0.39, 0.29) is 29.5 Å². The first-order valence-electron chi connectivity index (χ1n) is 7.92. The Morgan fingerprint density at radius 1 is 1.25 bits per heavy atom. The molecule has 0 unspecified atom stereocenters. The Kier molecular flexibility index (Phi) is 6.18. The number of carbonyl (C=O) groups is 3. The molecule has 3 amide bonds. The second-order valence-electron chi connectivity index (χ2n) is 5.52. The molecule has 1 aromatic carbocycles. The van der Waals surface area contributed by atoms with Gasteiger partial charge in [-0.1, -0.05) is 35.3 Å². The summed E-state index contributed by atoms with van der Waals surface area (Å²) in [7, 11) is 0. The van der Waals surface area contributed by atoms with Gasteiger partial charge in [0.25, 0.3) is 17.1 Å². The van der Waals surface area contributed by atoms with Crippen molar-refractivity contribution in [3.63, 3.8) is 0 Å². The molecule has 1 aromatic heterocycles. The molecule has 1 aliphatic rings. The summed E-state index contributed by atoms with van der Waals surface area (Å²) >= 11 is 12.9. The summed E-state index contributed by atoms with van der Waals surface area (Å²) in [5.74, 6) is -1.02. The van der Waals surface area contributed by atoms with E-state index in [0.29, 0.717) is 15.6 Å². The quantitative estimate of drug-likeness (QED) is 0.690. The molecule has 1 saturated heterocycles. The van der Waals surface area contributed by atoms with Crippen LogP contribution in [-0.4, -0.2) is 45.0 Å². The maximum absolute atomic E-state index is 12.5. The number of nitrogen functional groups attached to an aromatic ring is 1. The molecule has 3 rings (SSSR count). The Hall–Kier alpha value is -2.62.